The highest BCUT2D eigenvalue weighted by Gasteiger charge is 2.17. The fourth-order valence-corrected chi connectivity index (χ4v) is 3.16. The summed E-state index contributed by atoms with van der Waals surface area (Å²) >= 11 is 2.96. The number of rotatable bonds is 6. The molecule has 0 saturated heterocycles. The first-order chi connectivity index (χ1) is 8.78. The first kappa shape index (κ1) is 16.5. The molecule has 3 nitrogen and oxygen atoms in total. The van der Waals surface area contributed by atoms with Crippen LogP contribution in [-0.4, -0.2) is 19.9 Å². The quantitative estimate of drug-likeness (QED) is 0.798. The lowest BCUT2D eigenvalue weighted by Crippen LogP contribution is -2.15. The largest absolute Gasteiger partial charge is 0.324 e. The van der Waals surface area contributed by atoms with Crippen molar-refractivity contribution in [3.63, 3.8) is 0 Å². The zero-order valence-electron chi connectivity index (χ0n) is 10.5. The van der Waals surface area contributed by atoms with Crippen molar-refractivity contribution in [1.82, 2.24) is 0 Å². The van der Waals surface area contributed by atoms with Gasteiger partial charge in [-0.3, -0.25) is 0 Å². The van der Waals surface area contributed by atoms with Crippen LogP contribution in [0.15, 0.2) is 16.6 Å². The van der Waals surface area contributed by atoms with Crippen LogP contribution in [0.2, 0.25) is 0 Å². The molecule has 2 N–H and O–H groups in total. The number of sulfone groups is 1. The second-order valence-corrected chi connectivity index (χ2v) is 7.52. The Morgan fingerprint density at radius 3 is 2.58 bits per heavy atom. The van der Waals surface area contributed by atoms with E-state index in [4.69, 9.17) is 5.73 Å². The zero-order chi connectivity index (χ0) is 14.6. The van der Waals surface area contributed by atoms with E-state index in [2.05, 4.69) is 15.9 Å². The third-order valence-electron chi connectivity index (χ3n) is 2.87. The Balaban J connectivity index is 2.69. The fourth-order valence-electron chi connectivity index (χ4n) is 1.65. The maximum Gasteiger partial charge on any atom is 0.173 e. The van der Waals surface area contributed by atoms with Crippen LogP contribution in [0.1, 0.15) is 31.4 Å². The first-order valence-corrected chi connectivity index (χ1v) is 8.49. The summed E-state index contributed by atoms with van der Waals surface area (Å²) in [6, 6.07) is 1.89. The number of hydrogen-bond donors (Lipinski definition) is 1. The number of halogens is 3. The number of hydrogen-bond acceptors (Lipinski definition) is 3. The van der Waals surface area contributed by atoms with Gasteiger partial charge in [-0.25, -0.2) is 17.2 Å². The molecule has 0 amide bonds. The molecule has 0 fully saturated rings. The molecule has 108 valence electrons. The summed E-state index contributed by atoms with van der Waals surface area (Å²) < 4.78 is 48.9. The van der Waals surface area contributed by atoms with Gasteiger partial charge in [-0.2, -0.15) is 0 Å². The molecule has 0 heterocycles. The van der Waals surface area contributed by atoms with Crippen molar-refractivity contribution in [3.8, 4) is 0 Å². The zero-order valence-corrected chi connectivity index (χ0v) is 12.9. The Labute approximate surface area is 120 Å². The molecule has 1 rings (SSSR count). The minimum Gasteiger partial charge on any atom is -0.324 e. The van der Waals surface area contributed by atoms with Crippen molar-refractivity contribution in [2.24, 2.45) is 5.73 Å². The molecule has 7 heteroatoms. The van der Waals surface area contributed by atoms with Crippen LogP contribution in [0.5, 0.6) is 0 Å². The Bertz CT molecular complexity index is 549. The highest BCUT2D eigenvalue weighted by atomic mass is 79.9. The van der Waals surface area contributed by atoms with Crippen LogP contribution < -0.4 is 5.73 Å². The van der Waals surface area contributed by atoms with Crippen molar-refractivity contribution >= 4 is 25.8 Å². The second-order valence-electron chi connectivity index (χ2n) is 4.25. The van der Waals surface area contributed by atoms with Crippen LogP contribution in [-0.2, 0) is 9.84 Å². The van der Waals surface area contributed by atoms with Crippen molar-refractivity contribution < 1.29 is 17.2 Å². The first-order valence-electron chi connectivity index (χ1n) is 5.88. The maximum absolute atomic E-state index is 13.3. The topological polar surface area (TPSA) is 60.2 Å². The average molecular weight is 356 g/mol. The molecule has 1 unspecified atom stereocenters. The molecule has 0 aliphatic rings. The summed E-state index contributed by atoms with van der Waals surface area (Å²) in [5, 5.41) is 0. The molecule has 0 radical (unpaired) electrons. The monoisotopic (exact) mass is 355 g/mol. The van der Waals surface area contributed by atoms with Crippen molar-refractivity contribution in [1.29, 1.82) is 0 Å². The van der Waals surface area contributed by atoms with Gasteiger partial charge in [-0.05, 0) is 40.4 Å². The molecule has 1 aromatic carbocycles. The van der Waals surface area contributed by atoms with Crippen LogP contribution in [0.4, 0.5) is 8.78 Å². The van der Waals surface area contributed by atoms with Gasteiger partial charge in [0.15, 0.2) is 11.6 Å². The van der Waals surface area contributed by atoms with Gasteiger partial charge in [0.05, 0.1) is 10.2 Å². The highest BCUT2D eigenvalue weighted by Crippen LogP contribution is 2.28. The van der Waals surface area contributed by atoms with Gasteiger partial charge in [0.2, 0.25) is 0 Å². The van der Waals surface area contributed by atoms with Crippen LogP contribution in [0.25, 0.3) is 0 Å². The van der Waals surface area contributed by atoms with E-state index in [-0.39, 0.29) is 16.0 Å². The smallest absolute Gasteiger partial charge is 0.173 e. The van der Waals surface area contributed by atoms with Gasteiger partial charge in [0.1, 0.15) is 9.84 Å². The molecular weight excluding hydrogens is 340 g/mol. The second kappa shape index (κ2) is 6.76. The SMILES string of the molecule is CCS(=O)(=O)CCCC(N)c1ccc(F)c(F)c1Br. The average Bonchev–Trinajstić information content (AvgIpc) is 2.35. The Morgan fingerprint density at radius 2 is 2.00 bits per heavy atom. The minimum absolute atomic E-state index is 0.00153. The summed E-state index contributed by atoms with van der Waals surface area (Å²) in [6.45, 7) is 1.58. The Hall–Kier alpha value is -0.530. The molecule has 0 spiro atoms. The lowest BCUT2D eigenvalue weighted by molar-refractivity contribution is 0.498. The fraction of sp³-hybridized carbons (Fsp3) is 0.500. The molecular formula is C12H16BrF2NO2S. The normalized spacial score (nSPS) is 13.5. The van der Waals surface area contributed by atoms with E-state index in [1.165, 1.54) is 6.07 Å². The standard InChI is InChI=1S/C12H16BrF2NO2S/c1-2-19(17,18)7-3-4-10(16)8-5-6-9(14)12(15)11(8)13/h5-6,10H,2-4,7,16H2,1H3. The Morgan fingerprint density at radius 1 is 1.37 bits per heavy atom. The third-order valence-corrected chi connectivity index (χ3v) is 5.47. The summed E-state index contributed by atoms with van der Waals surface area (Å²) in [6.07, 6.45) is 0.783. The highest BCUT2D eigenvalue weighted by molar-refractivity contribution is 9.10. The van der Waals surface area contributed by atoms with Crippen LogP contribution in [0, 0.1) is 11.6 Å². The predicted octanol–water partition coefficient (Wildman–Crippen LogP) is 2.94. The summed E-state index contributed by atoms with van der Waals surface area (Å²) in [4.78, 5) is 0. The minimum atomic E-state index is -3.02. The van der Waals surface area contributed by atoms with Crippen molar-refractivity contribution in [3.05, 3.63) is 33.8 Å². The van der Waals surface area contributed by atoms with E-state index in [0.29, 0.717) is 18.4 Å². The molecule has 1 atom stereocenters. The van der Waals surface area contributed by atoms with Crippen LogP contribution >= 0.6 is 15.9 Å². The molecule has 0 saturated carbocycles. The van der Waals surface area contributed by atoms with E-state index in [0.717, 1.165) is 6.07 Å². The van der Waals surface area contributed by atoms with E-state index < -0.39 is 27.5 Å². The van der Waals surface area contributed by atoms with Crippen LogP contribution in [0.3, 0.4) is 0 Å². The summed E-state index contributed by atoms with van der Waals surface area (Å²) in [5.74, 6) is -1.78. The molecule has 0 aliphatic carbocycles. The van der Waals surface area contributed by atoms with Crippen molar-refractivity contribution in [2.45, 2.75) is 25.8 Å². The van der Waals surface area contributed by atoms with E-state index in [1.807, 2.05) is 0 Å². The molecule has 0 aromatic heterocycles. The van der Waals surface area contributed by atoms with Gasteiger partial charge in [-0.1, -0.05) is 13.0 Å². The number of benzene rings is 1. The third kappa shape index (κ3) is 4.50. The predicted molar refractivity (Wildman–Crippen MR) is 74.5 cm³/mol. The van der Waals surface area contributed by atoms with Gasteiger partial charge >= 0.3 is 0 Å². The van der Waals surface area contributed by atoms with Gasteiger partial charge < -0.3 is 5.73 Å². The summed E-state index contributed by atoms with van der Waals surface area (Å²) in [5.41, 5.74) is 6.31. The molecule has 19 heavy (non-hydrogen) atoms. The molecule has 1 aromatic rings. The lowest BCUT2D eigenvalue weighted by atomic mass is 10.0. The van der Waals surface area contributed by atoms with Gasteiger partial charge in [-0.15, -0.1) is 0 Å². The molecule has 0 aliphatic heterocycles. The van der Waals surface area contributed by atoms with Crippen molar-refractivity contribution in [2.75, 3.05) is 11.5 Å². The van der Waals surface area contributed by atoms with E-state index >= 15 is 0 Å². The molecule has 0 bridgehead atoms. The number of nitrogens with two attached hydrogens (primary N) is 1. The van der Waals surface area contributed by atoms with E-state index in [9.17, 15) is 17.2 Å². The lowest BCUT2D eigenvalue weighted by Gasteiger charge is -2.14. The van der Waals surface area contributed by atoms with E-state index in [1.54, 1.807) is 6.92 Å². The maximum atomic E-state index is 13.3. The van der Waals surface area contributed by atoms with Gasteiger partial charge in [0.25, 0.3) is 0 Å². The van der Waals surface area contributed by atoms with Gasteiger partial charge in [0, 0.05) is 11.8 Å². The summed E-state index contributed by atoms with van der Waals surface area (Å²) in [7, 11) is -3.02. The Kier molecular flexibility index (Phi) is 5.88.